The molecule has 1 aliphatic carbocycles. The Morgan fingerprint density at radius 1 is 1.53 bits per heavy atom. The highest BCUT2D eigenvalue weighted by Gasteiger charge is 2.29. The van der Waals surface area contributed by atoms with E-state index in [1.165, 1.54) is 0 Å². The molecule has 2 rings (SSSR count). The molecular weight excluding hydrogens is 238 g/mol. The monoisotopic (exact) mass is 253 g/mol. The zero-order chi connectivity index (χ0) is 12.4. The summed E-state index contributed by atoms with van der Waals surface area (Å²) in [6.45, 7) is 2.21. The number of hydrogen-bond donors (Lipinski definition) is 2. The summed E-state index contributed by atoms with van der Waals surface area (Å²) in [7, 11) is 0. The number of aryl methyl sites for hydroxylation is 1. The number of nitrogens with one attached hydrogen (secondary N) is 1. The first kappa shape index (κ1) is 12.4. The maximum atomic E-state index is 11.8. The van der Waals surface area contributed by atoms with Crippen LogP contribution in [0.1, 0.15) is 28.8 Å². The van der Waals surface area contributed by atoms with Gasteiger partial charge in [0.15, 0.2) is 0 Å². The van der Waals surface area contributed by atoms with E-state index in [0.717, 1.165) is 18.4 Å². The molecule has 0 saturated heterocycles. The Bertz CT molecular complexity index is 409. The first-order valence-electron chi connectivity index (χ1n) is 5.79. The molecule has 1 atom stereocenters. The van der Waals surface area contributed by atoms with Crippen molar-refractivity contribution in [3.8, 4) is 0 Å². The van der Waals surface area contributed by atoms with Gasteiger partial charge in [0.25, 0.3) is 5.91 Å². The molecule has 1 aromatic rings. The Kier molecular flexibility index (Phi) is 3.69. The number of carbonyl (C=O) groups excluding carboxylic acids is 1. The van der Waals surface area contributed by atoms with Crippen LogP contribution in [0.2, 0.25) is 5.02 Å². The van der Waals surface area contributed by atoms with Crippen molar-refractivity contribution in [1.29, 1.82) is 0 Å². The minimum atomic E-state index is -0.417. The number of amides is 1. The van der Waals surface area contributed by atoms with Crippen LogP contribution in [0.5, 0.6) is 0 Å². The van der Waals surface area contributed by atoms with Crippen LogP contribution in [0, 0.1) is 12.8 Å². The van der Waals surface area contributed by atoms with Crippen LogP contribution < -0.4 is 5.32 Å². The van der Waals surface area contributed by atoms with Crippen molar-refractivity contribution in [2.75, 3.05) is 6.54 Å². The van der Waals surface area contributed by atoms with Gasteiger partial charge in [-0.05, 0) is 49.4 Å². The zero-order valence-electron chi connectivity index (χ0n) is 9.74. The molecule has 0 heterocycles. The quantitative estimate of drug-likeness (QED) is 0.864. The fourth-order valence-electron chi connectivity index (χ4n) is 1.81. The number of benzene rings is 1. The molecule has 1 aliphatic rings. The highest BCUT2D eigenvalue weighted by atomic mass is 35.5. The van der Waals surface area contributed by atoms with Crippen LogP contribution in [0.4, 0.5) is 0 Å². The van der Waals surface area contributed by atoms with Gasteiger partial charge in [0, 0.05) is 17.1 Å². The molecule has 2 N–H and O–H groups in total. The lowest BCUT2D eigenvalue weighted by molar-refractivity contribution is 0.0901. The summed E-state index contributed by atoms with van der Waals surface area (Å²) >= 11 is 5.89. The predicted octanol–water partition coefficient (Wildman–Crippen LogP) is 2.15. The Morgan fingerprint density at radius 2 is 2.24 bits per heavy atom. The average Bonchev–Trinajstić information content (AvgIpc) is 3.07. The maximum Gasteiger partial charge on any atom is 0.251 e. The Balaban J connectivity index is 1.94. The molecule has 92 valence electrons. The molecular formula is C13H16ClNO2. The minimum absolute atomic E-state index is 0.185. The van der Waals surface area contributed by atoms with Crippen molar-refractivity contribution in [1.82, 2.24) is 5.32 Å². The molecule has 3 nitrogen and oxygen atoms in total. The smallest absolute Gasteiger partial charge is 0.251 e. The van der Waals surface area contributed by atoms with Crippen LogP contribution in [0.3, 0.4) is 0 Å². The van der Waals surface area contributed by atoms with E-state index in [0.29, 0.717) is 23.0 Å². The van der Waals surface area contributed by atoms with Crippen LogP contribution >= 0.6 is 11.6 Å². The third-order valence-electron chi connectivity index (χ3n) is 2.94. The van der Waals surface area contributed by atoms with Gasteiger partial charge in [-0.2, -0.15) is 0 Å². The van der Waals surface area contributed by atoms with E-state index in [2.05, 4.69) is 5.32 Å². The number of aliphatic hydroxyl groups excluding tert-OH is 1. The first-order chi connectivity index (χ1) is 8.06. The van der Waals surface area contributed by atoms with E-state index in [4.69, 9.17) is 11.6 Å². The molecule has 0 aromatic heterocycles. The van der Waals surface area contributed by atoms with Crippen LogP contribution in [-0.4, -0.2) is 23.7 Å². The molecule has 1 fully saturated rings. The van der Waals surface area contributed by atoms with Gasteiger partial charge in [-0.3, -0.25) is 4.79 Å². The largest absolute Gasteiger partial charge is 0.391 e. The van der Waals surface area contributed by atoms with Gasteiger partial charge in [-0.15, -0.1) is 0 Å². The van der Waals surface area contributed by atoms with E-state index in [9.17, 15) is 9.90 Å². The summed E-state index contributed by atoms with van der Waals surface area (Å²) in [5.41, 5.74) is 1.49. The summed E-state index contributed by atoms with van der Waals surface area (Å²) in [6, 6.07) is 5.22. The third kappa shape index (κ3) is 3.45. The van der Waals surface area contributed by atoms with E-state index < -0.39 is 6.10 Å². The second kappa shape index (κ2) is 5.07. The molecule has 0 aliphatic heterocycles. The molecule has 0 spiro atoms. The zero-order valence-corrected chi connectivity index (χ0v) is 10.5. The lowest BCUT2D eigenvalue weighted by atomic mass is 10.1. The van der Waals surface area contributed by atoms with Gasteiger partial charge in [-0.1, -0.05) is 11.6 Å². The summed E-state index contributed by atoms with van der Waals surface area (Å²) in [4.78, 5) is 11.8. The number of aliphatic hydroxyl groups is 1. The van der Waals surface area contributed by atoms with Crippen molar-refractivity contribution in [2.24, 2.45) is 5.92 Å². The molecule has 0 radical (unpaired) electrons. The van der Waals surface area contributed by atoms with E-state index in [-0.39, 0.29) is 5.91 Å². The lowest BCUT2D eigenvalue weighted by Gasteiger charge is -2.11. The topological polar surface area (TPSA) is 49.3 Å². The Labute approximate surface area is 106 Å². The molecule has 1 amide bonds. The second-order valence-corrected chi connectivity index (χ2v) is 5.07. The molecule has 1 saturated carbocycles. The van der Waals surface area contributed by atoms with Gasteiger partial charge >= 0.3 is 0 Å². The molecule has 1 unspecified atom stereocenters. The summed E-state index contributed by atoms with van der Waals surface area (Å²) in [5, 5.41) is 12.9. The van der Waals surface area contributed by atoms with Gasteiger partial charge < -0.3 is 10.4 Å². The predicted molar refractivity (Wildman–Crippen MR) is 67.3 cm³/mol. The van der Waals surface area contributed by atoms with Crippen molar-refractivity contribution < 1.29 is 9.90 Å². The SMILES string of the molecule is Cc1cc(Cl)cc(C(=O)NCC(O)C2CC2)c1. The van der Waals surface area contributed by atoms with Crippen molar-refractivity contribution in [3.63, 3.8) is 0 Å². The molecule has 0 bridgehead atoms. The van der Waals surface area contributed by atoms with Gasteiger partial charge in [-0.25, -0.2) is 0 Å². The fraction of sp³-hybridized carbons (Fsp3) is 0.462. The van der Waals surface area contributed by atoms with E-state index in [1.54, 1.807) is 18.2 Å². The number of rotatable bonds is 4. The molecule has 1 aromatic carbocycles. The third-order valence-corrected chi connectivity index (χ3v) is 3.16. The second-order valence-electron chi connectivity index (χ2n) is 4.63. The van der Waals surface area contributed by atoms with Crippen molar-refractivity contribution >= 4 is 17.5 Å². The number of carbonyl (C=O) groups is 1. The van der Waals surface area contributed by atoms with Gasteiger partial charge in [0.1, 0.15) is 0 Å². The standard InChI is InChI=1S/C13H16ClNO2/c1-8-4-10(6-11(14)5-8)13(17)15-7-12(16)9-2-3-9/h4-6,9,12,16H,2-3,7H2,1H3,(H,15,17). The van der Waals surface area contributed by atoms with E-state index >= 15 is 0 Å². The average molecular weight is 254 g/mol. The fourth-order valence-corrected chi connectivity index (χ4v) is 2.10. The highest BCUT2D eigenvalue weighted by molar-refractivity contribution is 6.31. The van der Waals surface area contributed by atoms with Crippen molar-refractivity contribution in [2.45, 2.75) is 25.9 Å². The first-order valence-corrected chi connectivity index (χ1v) is 6.17. The van der Waals surface area contributed by atoms with E-state index in [1.807, 2.05) is 6.92 Å². The van der Waals surface area contributed by atoms with Gasteiger partial charge in [0.05, 0.1) is 6.10 Å². The van der Waals surface area contributed by atoms with Crippen molar-refractivity contribution in [3.05, 3.63) is 34.3 Å². The summed E-state index contributed by atoms with van der Waals surface area (Å²) < 4.78 is 0. The van der Waals surface area contributed by atoms with Crippen LogP contribution in [0.15, 0.2) is 18.2 Å². The normalized spacial score (nSPS) is 16.6. The molecule has 17 heavy (non-hydrogen) atoms. The van der Waals surface area contributed by atoms with Crippen LogP contribution in [-0.2, 0) is 0 Å². The lowest BCUT2D eigenvalue weighted by Crippen LogP contribution is -2.33. The Morgan fingerprint density at radius 3 is 2.82 bits per heavy atom. The summed E-state index contributed by atoms with van der Waals surface area (Å²) in [6.07, 6.45) is 1.71. The summed E-state index contributed by atoms with van der Waals surface area (Å²) in [5.74, 6) is 0.187. The number of hydrogen-bond acceptors (Lipinski definition) is 2. The van der Waals surface area contributed by atoms with Gasteiger partial charge in [0.2, 0.25) is 0 Å². The molecule has 4 heteroatoms. The number of halogens is 1. The maximum absolute atomic E-state index is 11.8. The van der Waals surface area contributed by atoms with Crippen LogP contribution in [0.25, 0.3) is 0 Å². The Hall–Kier alpha value is -1.06. The highest BCUT2D eigenvalue weighted by Crippen LogP contribution is 2.32. The minimum Gasteiger partial charge on any atom is -0.391 e.